The van der Waals surface area contributed by atoms with Gasteiger partial charge in [0, 0.05) is 23.2 Å². The quantitative estimate of drug-likeness (QED) is 0.617. The number of hydrogen-bond donors (Lipinski definition) is 2. The molecule has 2 N–H and O–H groups in total. The van der Waals surface area contributed by atoms with Gasteiger partial charge in [-0.2, -0.15) is 0 Å². The molecule has 1 aliphatic carbocycles. The molecule has 1 unspecified atom stereocenters. The van der Waals surface area contributed by atoms with Crippen LogP contribution in [0.3, 0.4) is 0 Å². The van der Waals surface area contributed by atoms with E-state index in [0.29, 0.717) is 0 Å². The molecule has 5 rings (SSSR count). The molecule has 1 fully saturated rings. The summed E-state index contributed by atoms with van der Waals surface area (Å²) in [6.07, 6.45) is 6.56. The molecule has 1 saturated heterocycles. The zero-order valence-electron chi connectivity index (χ0n) is 16.4. The lowest BCUT2D eigenvalue weighted by Gasteiger charge is -2.24. The Bertz CT molecular complexity index is 1070. The van der Waals surface area contributed by atoms with E-state index in [2.05, 4.69) is 64.9 Å². The molecule has 2 heterocycles. The number of piperidine rings is 1. The summed E-state index contributed by atoms with van der Waals surface area (Å²) in [5.41, 5.74) is 8.92. The Hall–Kier alpha value is -3.20. The largest absolute Gasteiger partial charge is 0.333 e. The van der Waals surface area contributed by atoms with Crippen LogP contribution in [0.2, 0.25) is 0 Å². The predicted octanol–water partition coefficient (Wildman–Crippen LogP) is 5.12. The number of nitrogens with one attached hydrogen (secondary N) is 2. The van der Waals surface area contributed by atoms with Crippen molar-refractivity contribution < 1.29 is 0 Å². The van der Waals surface area contributed by atoms with Crippen molar-refractivity contribution in [2.24, 2.45) is 0 Å². The van der Waals surface area contributed by atoms with Crippen LogP contribution in [-0.2, 0) is 6.42 Å². The van der Waals surface area contributed by atoms with Crippen LogP contribution in [0.15, 0.2) is 72.5 Å². The maximum Gasteiger partial charge on any atom is 0.161 e. The summed E-state index contributed by atoms with van der Waals surface area (Å²) in [4.78, 5) is 9.75. The third kappa shape index (κ3) is 3.86. The zero-order valence-corrected chi connectivity index (χ0v) is 16.4. The van der Waals surface area contributed by atoms with Crippen LogP contribution in [0.25, 0.3) is 17.1 Å². The van der Waals surface area contributed by atoms with Gasteiger partial charge in [0.05, 0.1) is 11.4 Å². The van der Waals surface area contributed by atoms with Gasteiger partial charge < -0.3 is 10.6 Å². The summed E-state index contributed by atoms with van der Waals surface area (Å²) in [7, 11) is 0. The molecule has 1 atom stereocenters. The number of benzene rings is 2. The highest BCUT2D eigenvalue weighted by Gasteiger charge is 2.19. The van der Waals surface area contributed by atoms with Crippen LogP contribution in [0.1, 0.15) is 42.1 Å². The number of nitrogens with zero attached hydrogens (tertiary/aromatic N) is 2. The van der Waals surface area contributed by atoms with Gasteiger partial charge in [0.2, 0.25) is 0 Å². The third-order valence-corrected chi connectivity index (χ3v) is 5.55. The molecule has 3 aromatic rings. The lowest BCUT2D eigenvalue weighted by Crippen LogP contribution is -2.27. The van der Waals surface area contributed by atoms with E-state index in [4.69, 9.17) is 9.97 Å². The monoisotopic (exact) mass is 380 g/mol. The number of hydrogen-bond acceptors (Lipinski definition) is 4. The van der Waals surface area contributed by atoms with Gasteiger partial charge in [-0.25, -0.2) is 9.97 Å². The normalized spacial score (nSPS) is 18.1. The molecule has 29 heavy (non-hydrogen) atoms. The number of allylic oxidation sites excluding steroid dienone is 1. The average Bonchev–Trinajstić information content (AvgIpc) is 2.80. The molecule has 0 radical (unpaired) electrons. The minimum atomic E-state index is 0.276. The van der Waals surface area contributed by atoms with Gasteiger partial charge >= 0.3 is 0 Å². The third-order valence-electron chi connectivity index (χ3n) is 5.55. The minimum absolute atomic E-state index is 0.276. The van der Waals surface area contributed by atoms with Crippen LogP contribution in [0, 0.1) is 0 Å². The van der Waals surface area contributed by atoms with Crippen molar-refractivity contribution in [1.29, 1.82) is 0 Å². The summed E-state index contributed by atoms with van der Waals surface area (Å²) in [5.74, 6) is 1.57. The zero-order chi connectivity index (χ0) is 19.5. The summed E-state index contributed by atoms with van der Waals surface area (Å²) >= 11 is 0. The highest BCUT2D eigenvalue weighted by molar-refractivity contribution is 5.78. The number of rotatable bonds is 4. The van der Waals surface area contributed by atoms with Crippen LogP contribution in [0.5, 0.6) is 0 Å². The Morgan fingerprint density at radius 1 is 0.966 bits per heavy atom. The lowest BCUT2D eigenvalue weighted by molar-refractivity contribution is 0.405. The second-order valence-electron chi connectivity index (χ2n) is 7.58. The summed E-state index contributed by atoms with van der Waals surface area (Å²) in [6.45, 7) is 1.04. The first-order chi connectivity index (χ1) is 14.4. The Morgan fingerprint density at radius 2 is 1.83 bits per heavy atom. The fraction of sp³-hybridized carbons (Fsp3) is 0.240. The van der Waals surface area contributed by atoms with Crippen molar-refractivity contribution in [3.63, 3.8) is 0 Å². The first-order valence-corrected chi connectivity index (χ1v) is 10.3. The minimum Gasteiger partial charge on any atom is -0.333 e. The van der Waals surface area contributed by atoms with Gasteiger partial charge in [0.25, 0.3) is 0 Å². The Kier molecular flexibility index (Phi) is 4.95. The van der Waals surface area contributed by atoms with Crippen LogP contribution in [-0.4, -0.2) is 16.5 Å². The van der Waals surface area contributed by atoms with E-state index in [0.717, 1.165) is 48.0 Å². The first kappa shape index (κ1) is 17.9. The van der Waals surface area contributed by atoms with Crippen molar-refractivity contribution in [3.8, 4) is 11.4 Å². The van der Waals surface area contributed by atoms with Crippen LogP contribution < -0.4 is 10.6 Å². The second-order valence-corrected chi connectivity index (χ2v) is 7.58. The smallest absolute Gasteiger partial charge is 0.161 e. The van der Waals surface area contributed by atoms with E-state index in [1.54, 1.807) is 0 Å². The van der Waals surface area contributed by atoms with Gasteiger partial charge in [-0.3, -0.25) is 0 Å². The molecule has 4 nitrogen and oxygen atoms in total. The van der Waals surface area contributed by atoms with Gasteiger partial charge in [-0.1, -0.05) is 66.7 Å². The highest BCUT2D eigenvalue weighted by Crippen LogP contribution is 2.29. The molecule has 144 valence electrons. The Balaban J connectivity index is 1.54. The Labute approximate surface area is 171 Å². The van der Waals surface area contributed by atoms with Crippen molar-refractivity contribution in [2.45, 2.75) is 31.7 Å². The van der Waals surface area contributed by atoms with E-state index in [1.807, 2.05) is 18.2 Å². The topological polar surface area (TPSA) is 49.8 Å². The molecule has 0 saturated carbocycles. The fourth-order valence-corrected chi connectivity index (χ4v) is 4.04. The van der Waals surface area contributed by atoms with Crippen molar-refractivity contribution >= 4 is 11.5 Å². The summed E-state index contributed by atoms with van der Waals surface area (Å²) in [5, 5.41) is 7.14. The number of aromatic nitrogens is 2. The molecule has 1 aliphatic heterocycles. The van der Waals surface area contributed by atoms with E-state index in [9.17, 15) is 0 Å². The molecule has 2 aromatic carbocycles. The summed E-state index contributed by atoms with van der Waals surface area (Å²) < 4.78 is 0. The molecule has 0 amide bonds. The lowest BCUT2D eigenvalue weighted by atomic mass is 9.98. The molecule has 2 aliphatic rings. The molecule has 1 aromatic heterocycles. The predicted molar refractivity (Wildman–Crippen MR) is 117 cm³/mol. The number of fused-ring (bicyclic) bond motifs is 1. The van der Waals surface area contributed by atoms with Crippen LogP contribution >= 0.6 is 0 Å². The van der Waals surface area contributed by atoms with Gasteiger partial charge in [-0.15, -0.1) is 0 Å². The van der Waals surface area contributed by atoms with Gasteiger partial charge in [-0.05, 0) is 37.4 Å². The van der Waals surface area contributed by atoms with Gasteiger partial charge in [0.15, 0.2) is 5.82 Å². The summed E-state index contributed by atoms with van der Waals surface area (Å²) in [6, 6.07) is 21.0. The molecular weight excluding hydrogens is 356 g/mol. The molecule has 0 spiro atoms. The molecular formula is C25H24N4. The SMILES string of the molecule is C1=CCc2ccccc2C=1Nc1cc(C2CCCCN2)nc(-c2ccccc2)n1. The van der Waals surface area contributed by atoms with Crippen molar-refractivity contribution in [2.75, 3.05) is 11.9 Å². The molecule has 4 heteroatoms. The maximum absolute atomic E-state index is 4.91. The first-order valence-electron chi connectivity index (χ1n) is 10.3. The van der Waals surface area contributed by atoms with E-state index < -0.39 is 0 Å². The number of anilines is 1. The maximum atomic E-state index is 4.91. The van der Waals surface area contributed by atoms with E-state index in [1.165, 1.54) is 24.0 Å². The van der Waals surface area contributed by atoms with Crippen molar-refractivity contribution in [1.82, 2.24) is 15.3 Å². The highest BCUT2D eigenvalue weighted by atomic mass is 15.1. The average molecular weight is 380 g/mol. The van der Waals surface area contributed by atoms with Gasteiger partial charge in [0.1, 0.15) is 5.82 Å². The molecule has 0 bridgehead atoms. The van der Waals surface area contributed by atoms with E-state index in [-0.39, 0.29) is 6.04 Å². The standard InChI is InChI=1S/C25H24N4/c1-2-10-19(11-3-1)25-28-23(22-14-6-7-16-26-22)17-24(29-25)27-21-15-8-12-18-9-4-5-13-20(18)21/h1-5,8-11,13,17,22,26H,6-7,12,14,16H2,(H,27,28,29). The second kappa shape index (κ2) is 8.04. The van der Waals surface area contributed by atoms with Crippen LogP contribution in [0.4, 0.5) is 5.82 Å². The fourth-order valence-electron chi connectivity index (χ4n) is 4.04. The Morgan fingerprint density at radius 3 is 2.69 bits per heavy atom. The van der Waals surface area contributed by atoms with Crippen molar-refractivity contribution in [3.05, 3.63) is 89.3 Å². The van der Waals surface area contributed by atoms with E-state index >= 15 is 0 Å².